The maximum absolute atomic E-state index is 11.4. The predicted molar refractivity (Wildman–Crippen MR) is 55.8 cm³/mol. The first-order chi connectivity index (χ1) is 6.54. The molecule has 1 unspecified atom stereocenters. The molecule has 0 aliphatic carbocycles. The Morgan fingerprint density at radius 3 is 2.71 bits per heavy atom. The van der Waals surface area contributed by atoms with Gasteiger partial charge in [0.25, 0.3) is 5.56 Å². The van der Waals surface area contributed by atoms with Crippen molar-refractivity contribution in [1.29, 1.82) is 0 Å². The van der Waals surface area contributed by atoms with Crippen molar-refractivity contribution in [3.8, 4) is 0 Å². The Hall–Kier alpha value is -1.03. The summed E-state index contributed by atoms with van der Waals surface area (Å²) in [5, 5.41) is 0.0837. The molecular formula is C9H13ClN2O2. The Labute approximate surface area is 86.5 Å². The smallest absolute Gasteiger partial charge is 0.298 e. The number of halogens is 1. The zero-order valence-electron chi connectivity index (χ0n) is 8.21. The number of H-pyrrole nitrogens is 1. The number of aromatic nitrogens is 2. The van der Waals surface area contributed by atoms with E-state index in [9.17, 15) is 9.59 Å². The molecule has 0 fully saturated rings. The van der Waals surface area contributed by atoms with E-state index in [-0.39, 0.29) is 10.7 Å². The van der Waals surface area contributed by atoms with Crippen LogP contribution in [0, 0.1) is 5.92 Å². The van der Waals surface area contributed by atoms with Gasteiger partial charge in [-0.1, -0.05) is 31.9 Å². The summed E-state index contributed by atoms with van der Waals surface area (Å²) in [6.07, 6.45) is 0.925. The number of hydrogen-bond acceptors (Lipinski definition) is 2. The van der Waals surface area contributed by atoms with Crippen molar-refractivity contribution in [3.63, 3.8) is 0 Å². The van der Waals surface area contributed by atoms with Crippen LogP contribution >= 0.6 is 11.6 Å². The number of aromatic amines is 1. The van der Waals surface area contributed by atoms with Gasteiger partial charge in [0, 0.05) is 12.6 Å². The summed E-state index contributed by atoms with van der Waals surface area (Å²) in [5.74, 6) is 0.301. The van der Waals surface area contributed by atoms with Crippen LogP contribution in [-0.4, -0.2) is 9.55 Å². The molecule has 0 spiro atoms. The second-order valence-electron chi connectivity index (χ2n) is 3.38. The molecule has 0 saturated heterocycles. The first-order valence-electron chi connectivity index (χ1n) is 4.54. The molecule has 1 heterocycles. The van der Waals surface area contributed by atoms with Crippen LogP contribution in [0.25, 0.3) is 0 Å². The molecule has 1 atom stereocenters. The first kappa shape index (κ1) is 11.0. The van der Waals surface area contributed by atoms with E-state index in [1.165, 1.54) is 10.6 Å². The van der Waals surface area contributed by atoms with Crippen LogP contribution in [0.15, 0.2) is 15.7 Å². The molecular weight excluding hydrogens is 204 g/mol. The summed E-state index contributed by atoms with van der Waals surface area (Å²) in [5.41, 5.74) is -0.790. The highest BCUT2D eigenvalue weighted by Crippen LogP contribution is 2.01. The van der Waals surface area contributed by atoms with Crippen molar-refractivity contribution in [3.05, 3.63) is 32.1 Å². The third-order valence-electron chi connectivity index (χ3n) is 2.18. The lowest BCUT2D eigenvalue weighted by atomic mass is 10.1. The van der Waals surface area contributed by atoms with Crippen molar-refractivity contribution in [1.82, 2.24) is 9.55 Å². The number of rotatable bonds is 3. The molecule has 0 radical (unpaired) electrons. The molecule has 1 aromatic heterocycles. The third kappa shape index (κ3) is 2.48. The molecule has 0 bridgehead atoms. The molecule has 0 saturated carbocycles. The maximum atomic E-state index is 11.4. The van der Waals surface area contributed by atoms with Crippen LogP contribution in [-0.2, 0) is 6.54 Å². The predicted octanol–water partition coefficient (Wildman–Crippen LogP) is 1.24. The van der Waals surface area contributed by atoms with Crippen molar-refractivity contribution < 1.29 is 0 Å². The Balaban J connectivity index is 3.10. The van der Waals surface area contributed by atoms with Gasteiger partial charge in [0.2, 0.25) is 0 Å². The van der Waals surface area contributed by atoms with Gasteiger partial charge in [-0.3, -0.25) is 14.3 Å². The maximum Gasteiger partial charge on any atom is 0.329 e. The van der Waals surface area contributed by atoms with E-state index in [0.717, 1.165) is 6.42 Å². The van der Waals surface area contributed by atoms with Gasteiger partial charge in [-0.25, -0.2) is 4.79 Å². The molecule has 0 aliphatic heterocycles. The van der Waals surface area contributed by atoms with Crippen LogP contribution < -0.4 is 11.2 Å². The molecule has 78 valence electrons. The van der Waals surface area contributed by atoms with E-state index in [2.05, 4.69) is 4.98 Å². The number of nitrogens with zero attached hydrogens (tertiary/aromatic N) is 1. The van der Waals surface area contributed by atoms with Gasteiger partial charge < -0.3 is 0 Å². The summed E-state index contributed by atoms with van der Waals surface area (Å²) in [6.45, 7) is 4.43. The van der Waals surface area contributed by atoms with Gasteiger partial charge >= 0.3 is 5.69 Å². The molecule has 0 aliphatic rings. The fourth-order valence-corrected chi connectivity index (χ4v) is 1.28. The van der Waals surface area contributed by atoms with Crippen LogP contribution in [0.4, 0.5) is 0 Å². The quantitative estimate of drug-likeness (QED) is 0.773. The normalized spacial score (nSPS) is 12.8. The van der Waals surface area contributed by atoms with E-state index < -0.39 is 5.69 Å². The van der Waals surface area contributed by atoms with E-state index in [4.69, 9.17) is 11.6 Å². The van der Waals surface area contributed by atoms with Gasteiger partial charge in [0.15, 0.2) is 0 Å². The Kier molecular flexibility index (Phi) is 3.52. The van der Waals surface area contributed by atoms with Crippen LogP contribution in [0.3, 0.4) is 0 Å². The fraction of sp³-hybridized carbons (Fsp3) is 0.556. The molecule has 5 heteroatoms. The minimum Gasteiger partial charge on any atom is -0.298 e. The average Bonchev–Trinajstić information content (AvgIpc) is 2.10. The Morgan fingerprint density at radius 1 is 1.57 bits per heavy atom. The molecule has 0 amide bonds. The van der Waals surface area contributed by atoms with E-state index in [1.807, 2.05) is 13.8 Å². The van der Waals surface area contributed by atoms with Gasteiger partial charge in [0.1, 0.15) is 5.15 Å². The van der Waals surface area contributed by atoms with Crippen LogP contribution in [0.2, 0.25) is 5.15 Å². The van der Waals surface area contributed by atoms with Crippen molar-refractivity contribution >= 4 is 11.6 Å². The van der Waals surface area contributed by atoms with Crippen molar-refractivity contribution in [2.45, 2.75) is 26.8 Å². The van der Waals surface area contributed by atoms with E-state index >= 15 is 0 Å². The summed E-state index contributed by atoms with van der Waals surface area (Å²) in [4.78, 5) is 25.1. The Bertz CT molecular complexity index is 390. The number of hydrogen-bond donors (Lipinski definition) is 1. The summed E-state index contributed by atoms with van der Waals surface area (Å²) < 4.78 is 1.17. The SMILES string of the molecule is CCC(C)Cn1c(=O)cc(Cl)[nH]c1=O. The summed E-state index contributed by atoms with van der Waals surface area (Å²) >= 11 is 5.52. The van der Waals surface area contributed by atoms with Crippen molar-refractivity contribution in [2.24, 2.45) is 5.92 Å². The summed E-state index contributed by atoms with van der Waals surface area (Å²) in [7, 11) is 0. The number of nitrogens with one attached hydrogen (secondary N) is 1. The van der Waals surface area contributed by atoms with Gasteiger partial charge in [0.05, 0.1) is 0 Å². The monoisotopic (exact) mass is 216 g/mol. The van der Waals surface area contributed by atoms with E-state index in [1.54, 1.807) is 0 Å². The topological polar surface area (TPSA) is 54.9 Å². The fourth-order valence-electron chi connectivity index (χ4n) is 1.11. The van der Waals surface area contributed by atoms with Gasteiger partial charge in [-0.15, -0.1) is 0 Å². The van der Waals surface area contributed by atoms with Crippen LogP contribution in [0.5, 0.6) is 0 Å². The Morgan fingerprint density at radius 2 is 2.21 bits per heavy atom. The lowest BCUT2D eigenvalue weighted by Crippen LogP contribution is -2.36. The highest BCUT2D eigenvalue weighted by Gasteiger charge is 2.06. The van der Waals surface area contributed by atoms with Gasteiger partial charge in [-0.05, 0) is 5.92 Å². The minimum absolute atomic E-state index is 0.0837. The highest BCUT2D eigenvalue weighted by atomic mass is 35.5. The molecule has 14 heavy (non-hydrogen) atoms. The summed E-state index contributed by atoms with van der Waals surface area (Å²) in [6, 6.07) is 1.21. The van der Waals surface area contributed by atoms with Crippen molar-refractivity contribution in [2.75, 3.05) is 0 Å². The zero-order valence-corrected chi connectivity index (χ0v) is 8.97. The second kappa shape index (κ2) is 4.46. The highest BCUT2D eigenvalue weighted by molar-refractivity contribution is 6.29. The lowest BCUT2D eigenvalue weighted by Gasteiger charge is -2.09. The third-order valence-corrected chi connectivity index (χ3v) is 2.38. The molecule has 0 aromatic carbocycles. The first-order valence-corrected chi connectivity index (χ1v) is 4.92. The molecule has 1 rings (SSSR count). The lowest BCUT2D eigenvalue weighted by molar-refractivity contribution is 0.446. The average molecular weight is 217 g/mol. The van der Waals surface area contributed by atoms with E-state index in [0.29, 0.717) is 12.5 Å². The molecule has 4 nitrogen and oxygen atoms in total. The van der Waals surface area contributed by atoms with Crippen LogP contribution in [0.1, 0.15) is 20.3 Å². The largest absolute Gasteiger partial charge is 0.329 e. The standard InChI is InChI=1S/C9H13ClN2O2/c1-3-6(2)5-12-8(13)4-7(10)11-9(12)14/h4,6H,3,5H2,1-2H3,(H,11,14). The zero-order chi connectivity index (χ0) is 10.7. The molecule has 1 aromatic rings. The minimum atomic E-state index is -0.442. The second-order valence-corrected chi connectivity index (χ2v) is 3.79. The van der Waals surface area contributed by atoms with Gasteiger partial charge in [-0.2, -0.15) is 0 Å². The molecule has 1 N–H and O–H groups in total.